The zero-order chi connectivity index (χ0) is 33.3. The molecule has 0 saturated heterocycles. The largest absolute Gasteiger partial charge is 0.454 e. The number of fused-ring (bicyclic) bond motifs is 5. The molecule has 0 atom stereocenters. The molecule has 1 aliphatic rings. The predicted molar refractivity (Wildman–Crippen MR) is 208 cm³/mol. The summed E-state index contributed by atoms with van der Waals surface area (Å²) in [5.41, 5.74) is 14.5. The Balaban J connectivity index is 1.26. The van der Waals surface area contributed by atoms with Crippen molar-refractivity contribution < 1.29 is 4.74 Å². The molecular formula is C48H33NO. The summed E-state index contributed by atoms with van der Waals surface area (Å²) in [5, 5.41) is 0. The van der Waals surface area contributed by atoms with Gasteiger partial charge in [-0.05, 0) is 75.3 Å². The lowest BCUT2D eigenvalue weighted by atomic mass is 9.92. The van der Waals surface area contributed by atoms with Gasteiger partial charge in [-0.15, -0.1) is 0 Å². The Labute approximate surface area is 293 Å². The van der Waals surface area contributed by atoms with Gasteiger partial charge >= 0.3 is 0 Å². The maximum absolute atomic E-state index is 7.13. The van der Waals surface area contributed by atoms with Gasteiger partial charge < -0.3 is 9.64 Å². The molecule has 2 nitrogen and oxygen atoms in total. The second-order valence-electron chi connectivity index (χ2n) is 12.5. The third-order valence-electron chi connectivity index (χ3n) is 9.50. The molecular weight excluding hydrogens is 607 g/mol. The minimum atomic E-state index is 0.821. The highest BCUT2D eigenvalue weighted by Crippen LogP contribution is 2.53. The van der Waals surface area contributed by atoms with E-state index < -0.39 is 0 Å². The van der Waals surface area contributed by atoms with Crippen LogP contribution in [0.3, 0.4) is 0 Å². The summed E-state index contributed by atoms with van der Waals surface area (Å²) in [6.45, 7) is 0. The number of nitrogens with zero attached hydrogens (tertiary/aromatic N) is 1. The van der Waals surface area contributed by atoms with Crippen molar-refractivity contribution in [1.82, 2.24) is 0 Å². The summed E-state index contributed by atoms with van der Waals surface area (Å²) in [7, 11) is 0. The average molecular weight is 640 g/mol. The number of anilines is 3. The van der Waals surface area contributed by atoms with Gasteiger partial charge in [-0.2, -0.15) is 0 Å². The van der Waals surface area contributed by atoms with Crippen molar-refractivity contribution in [2.45, 2.75) is 0 Å². The normalized spacial score (nSPS) is 11.4. The molecule has 9 rings (SSSR count). The Bertz CT molecular complexity index is 2430. The van der Waals surface area contributed by atoms with Gasteiger partial charge in [0.2, 0.25) is 0 Å². The maximum Gasteiger partial charge on any atom is 0.159 e. The van der Waals surface area contributed by atoms with Gasteiger partial charge in [0.1, 0.15) is 5.75 Å². The van der Waals surface area contributed by atoms with Crippen molar-refractivity contribution in [3.8, 4) is 67.1 Å². The van der Waals surface area contributed by atoms with Crippen LogP contribution in [0.25, 0.3) is 55.6 Å². The van der Waals surface area contributed by atoms with Crippen molar-refractivity contribution in [3.63, 3.8) is 0 Å². The zero-order valence-electron chi connectivity index (χ0n) is 27.4. The molecule has 0 aliphatic carbocycles. The number of para-hydroxylation sites is 2. The Morgan fingerprint density at radius 2 is 0.780 bits per heavy atom. The third kappa shape index (κ3) is 5.34. The van der Waals surface area contributed by atoms with Crippen molar-refractivity contribution in [2.75, 3.05) is 4.90 Å². The van der Waals surface area contributed by atoms with Crippen LogP contribution in [-0.2, 0) is 0 Å². The lowest BCUT2D eigenvalue weighted by Gasteiger charge is -2.30. The Morgan fingerprint density at radius 3 is 1.46 bits per heavy atom. The number of hydrogen-bond acceptors (Lipinski definition) is 2. The first-order valence-electron chi connectivity index (χ1n) is 17.0. The molecule has 8 aromatic rings. The van der Waals surface area contributed by atoms with E-state index in [1.807, 2.05) is 0 Å². The van der Waals surface area contributed by atoms with Crippen LogP contribution in [0.2, 0.25) is 0 Å². The minimum absolute atomic E-state index is 0.821. The van der Waals surface area contributed by atoms with E-state index in [1.165, 1.54) is 16.7 Å². The smallest absolute Gasteiger partial charge is 0.159 e. The van der Waals surface area contributed by atoms with Crippen LogP contribution in [0.5, 0.6) is 11.5 Å². The maximum atomic E-state index is 7.13. The fraction of sp³-hybridized carbons (Fsp3) is 0. The molecule has 0 aromatic heterocycles. The van der Waals surface area contributed by atoms with Gasteiger partial charge in [0.05, 0.1) is 11.4 Å². The topological polar surface area (TPSA) is 12.5 Å². The van der Waals surface area contributed by atoms with Gasteiger partial charge in [-0.25, -0.2) is 0 Å². The molecule has 8 aromatic carbocycles. The van der Waals surface area contributed by atoms with E-state index in [4.69, 9.17) is 4.74 Å². The first-order valence-corrected chi connectivity index (χ1v) is 17.0. The third-order valence-corrected chi connectivity index (χ3v) is 9.50. The Kier molecular flexibility index (Phi) is 7.53. The molecule has 0 bridgehead atoms. The molecule has 2 heteroatoms. The van der Waals surface area contributed by atoms with E-state index in [1.54, 1.807) is 0 Å². The van der Waals surface area contributed by atoms with E-state index in [0.29, 0.717) is 0 Å². The van der Waals surface area contributed by atoms with Crippen LogP contribution >= 0.6 is 0 Å². The predicted octanol–water partition coefficient (Wildman–Crippen LogP) is 13.6. The van der Waals surface area contributed by atoms with Gasteiger partial charge in [0, 0.05) is 22.4 Å². The molecule has 0 radical (unpaired) electrons. The summed E-state index contributed by atoms with van der Waals surface area (Å²) in [5.74, 6) is 1.65. The second-order valence-corrected chi connectivity index (χ2v) is 12.5. The van der Waals surface area contributed by atoms with Crippen molar-refractivity contribution in [2.24, 2.45) is 0 Å². The van der Waals surface area contributed by atoms with Gasteiger partial charge in [-0.3, -0.25) is 0 Å². The number of rotatable bonds is 6. The molecule has 0 saturated carbocycles. The number of hydrogen-bond donors (Lipinski definition) is 0. The molecule has 0 fully saturated rings. The SMILES string of the molecule is c1ccc(-c2ccc(N(c3ccccc3-c3ccccc3)c3cccc4c3Oc3ccc(-c5ccccc5)cc3-c3ccccc3-4)cc2)cc1. The quantitative estimate of drug-likeness (QED) is 0.179. The van der Waals surface area contributed by atoms with Crippen molar-refractivity contribution in [3.05, 3.63) is 200 Å². The zero-order valence-corrected chi connectivity index (χ0v) is 27.4. The lowest BCUT2D eigenvalue weighted by Crippen LogP contribution is -2.12. The highest BCUT2D eigenvalue weighted by atomic mass is 16.5. The van der Waals surface area contributed by atoms with E-state index in [-0.39, 0.29) is 0 Å². The van der Waals surface area contributed by atoms with E-state index in [2.05, 4.69) is 205 Å². The average Bonchev–Trinajstić information content (AvgIpc) is 3.34. The lowest BCUT2D eigenvalue weighted by molar-refractivity contribution is 0.489. The van der Waals surface area contributed by atoms with E-state index in [0.717, 1.165) is 67.5 Å². The molecule has 50 heavy (non-hydrogen) atoms. The van der Waals surface area contributed by atoms with Gasteiger partial charge in [0.15, 0.2) is 5.75 Å². The number of ether oxygens (including phenoxy) is 1. The molecule has 1 aliphatic heterocycles. The number of benzene rings is 8. The summed E-state index contributed by atoms with van der Waals surface area (Å²) >= 11 is 0. The summed E-state index contributed by atoms with van der Waals surface area (Å²) in [6, 6.07) is 70.9. The van der Waals surface area contributed by atoms with Gasteiger partial charge in [-0.1, -0.05) is 164 Å². The minimum Gasteiger partial charge on any atom is -0.454 e. The van der Waals surface area contributed by atoms with Crippen LogP contribution in [0.1, 0.15) is 0 Å². The Hall–Kier alpha value is -6.64. The molecule has 0 spiro atoms. The van der Waals surface area contributed by atoms with Crippen LogP contribution in [-0.4, -0.2) is 0 Å². The Morgan fingerprint density at radius 1 is 0.300 bits per heavy atom. The standard InChI is InChI=1S/C48H33NO/c1-4-15-34(16-5-1)36-27-30-39(31-28-36)49(45-25-13-12-21-40(45)37-19-8-3-9-20-37)46-26-14-24-43-41-22-10-11-23-42(41)44-33-38(35-17-6-2-7-18-35)29-32-47(44)50-48(43)46/h1-33H. The van der Waals surface area contributed by atoms with E-state index >= 15 is 0 Å². The summed E-state index contributed by atoms with van der Waals surface area (Å²) in [6.07, 6.45) is 0. The highest BCUT2D eigenvalue weighted by molar-refractivity contribution is 5.98. The van der Waals surface area contributed by atoms with Crippen LogP contribution in [0, 0.1) is 0 Å². The summed E-state index contributed by atoms with van der Waals surface area (Å²) < 4.78 is 7.13. The van der Waals surface area contributed by atoms with Crippen LogP contribution < -0.4 is 9.64 Å². The fourth-order valence-electron chi connectivity index (χ4n) is 7.09. The molecule has 0 unspecified atom stereocenters. The molecule has 0 amide bonds. The molecule has 0 N–H and O–H groups in total. The summed E-state index contributed by atoms with van der Waals surface area (Å²) in [4.78, 5) is 2.35. The fourth-order valence-corrected chi connectivity index (χ4v) is 7.09. The highest BCUT2D eigenvalue weighted by Gasteiger charge is 2.27. The first kappa shape index (κ1) is 29.5. The van der Waals surface area contributed by atoms with Crippen LogP contribution in [0.15, 0.2) is 200 Å². The molecule has 1 heterocycles. The van der Waals surface area contributed by atoms with E-state index in [9.17, 15) is 0 Å². The second kappa shape index (κ2) is 12.8. The first-order chi connectivity index (χ1) is 24.8. The van der Waals surface area contributed by atoms with Crippen molar-refractivity contribution >= 4 is 17.1 Å². The van der Waals surface area contributed by atoms with Crippen molar-refractivity contribution in [1.29, 1.82) is 0 Å². The van der Waals surface area contributed by atoms with Crippen LogP contribution in [0.4, 0.5) is 17.1 Å². The molecule has 236 valence electrons. The monoisotopic (exact) mass is 639 g/mol. The van der Waals surface area contributed by atoms with Gasteiger partial charge in [0.25, 0.3) is 0 Å².